The molecular formula is C14H10ClF2NO. The van der Waals surface area contributed by atoms with Gasteiger partial charge >= 0.3 is 0 Å². The number of benzene rings is 2. The number of halogens is 3. The number of anilines is 1. The average Bonchev–Trinajstić information content (AvgIpc) is 2.36. The molecule has 1 amide bonds. The third kappa shape index (κ3) is 3.09. The van der Waals surface area contributed by atoms with Crippen molar-refractivity contribution in [3.05, 3.63) is 64.2 Å². The first-order valence-corrected chi connectivity index (χ1v) is 5.88. The number of hydrogen-bond donors (Lipinski definition) is 1. The van der Waals surface area contributed by atoms with Crippen LogP contribution in [0, 0.1) is 18.6 Å². The fraction of sp³-hybridized carbons (Fsp3) is 0.0714. The van der Waals surface area contributed by atoms with Crippen LogP contribution in [0.4, 0.5) is 14.5 Å². The molecular weight excluding hydrogens is 272 g/mol. The lowest BCUT2D eigenvalue weighted by atomic mass is 10.1. The third-order valence-corrected chi connectivity index (χ3v) is 2.82. The Balaban J connectivity index is 2.25. The van der Waals surface area contributed by atoms with E-state index in [0.717, 1.165) is 6.07 Å². The fourth-order valence-corrected chi connectivity index (χ4v) is 1.76. The molecule has 0 aromatic heterocycles. The minimum atomic E-state index is -0.666. The van der Waals surface area contributed by atoms with Gasteiger partial charge in [0, 0.05) is 10.7 Å². The number of hydrogen-bond acceptors (Lipinski definition) is 1. The molecule has 2 aromatic rings. The molecule has 0 saturated heterocycles. The predicted molar refractivity (Wildman–Crippen MR) is 70.5 cm³/mol. The van der Waals surface area contributed by atoms with Crippen LogP contribution in [0.25, 0.3) is 0 Å². The molecule has 0 bridgehead atoms. The number of rotatable bonds is 2. The quantitative estimate of drug-likeness (QED) is 0.879. The minimum absolute atomic E-state index is 0.158. The molecule has 0 spiro atoms. The van der Waals surface area contributed by atoms with E-state index in [4.69, 9.17) is 11.6 Å². The molecule has 0 unspecified atom stereocenters. The van der Waals surface area contributed by atoms with Crippen LogP contribution in [0.15, 0.2) is 36.4 Å². The highest BCUT2D eigenvalue weighted by Gasteiger charge is 2.12. The van der Waals surface area contributed by atoms with Crippen molar-refractivity contribution in [3.8, 4) is 0 Å². The Morgan fingerprint density at radius 3 is 2.47 bits per heavy atom. The lowest BCUT2D eigenvalue weighted by molar-refractivity contribution is 0.102. The fourth-order valence-electron chi connectivity index (χ4n) is 1.59. The van der Waals surface area contributed by atoms with Gasteiger partial charge in [0.15, 0.2) is 0 Å². The van der Waals surface area contributed by atoms with Crippen LogP contribution in [0.3, 0.4) is 0 Å². The van der Waals surface area contributed by atoms with Crippen molar-refractivity contribution < 1.29 is 13.6 Å². The van der Waals surface area contributed by atoms with Crippen LogP contribution >= 0.6 is 11.6 Å². The van der Waals surface area contributed by atoms with Crippen LogP contribution in [-0.4, -0.2) is 5.91 Å². The molecule has 5 heteroatoms. The van der Waals surface area contributed by atoms with E-state index in [0.29, 0.717) is 11.3 Å². The number of nitrogens with one attached hydrogen (secondary N) is 1. The number of carbonyl (C=O) groups excluding carboxylic acids is 1. The standard InChI is InChI=1S/C14H10ClF2NO/c1-8-6-10(3-5-12(8)16)18-14(19)11-7-9(15)2-4-13(11)17/h2-7H,1H3,(H,18,19). The van der Waals surface area contributed by atoms with E-state index in [1.54, 1.807) is 6.92 Å². The summed E-state index contributed by atoms with van der Waals surface area (Å²) in [5, 5.41) is 2.76. The Bertz CT molecular complexity index is 643. The van der Waals surface area contributed by atoms with Gasteiger partial charge in [0.2, 0.25) is 0 Å². The van der Waals surface area contributed by atoms with Crippen molar-refractivity contribution in [3.63, 3.8) is 0 Å². The molecule has 0 aliphatic rings. The van der Waals surface area contributed by atoms with Gasteiger partial charge in [-0.25, -0.2) is 8.78 Å². The van der Waals surface area contributed by atoms with E-state index < -0.39 is 11.7 Å². The second-order valence-corrected chi connectivity index (χ2v) is 4.48. The smallest absolute Gasteiger partial charge is 0.258 e. The topological polar surface area (TPSA) is 29.1 Å². The number of amides is 1. The van der Waals surface area contributed by atoms with E-state index in [-0.39, 0.29) is 16.4 Å². The van der Waals surface area contributed by atoms with Crippen LogP contribution in [0.2, 0.25) is 5.02 Å². The van der Waals surface area contributed by atoms with Crippen molar-refractivity contribution in [2.75, 3.05) is 5.32 Å². The van der Waals surface area contributed by atoms with Crippen LogP contribution < -0.4 is 5.32 Å². The SMILES string of the molecule is Cc1cc(NC(=O)c2cc(Cl)ccc2F)ccc1F. The molecule has 98 valence electrons. The van der Waals surface area contributed by atoms with Crippen LogP contribution in [0.1, 0.15) is 15.9 Å². The zero-order valence-electron chi connectivity index (χ0n) is 10.0. The Labute approximate surface area is 114 Å². The highest BCUT2D eigenvalue weighted by atomic mass is 35.5. The van der Waals surface area contributed by atoms with Crippen molar-refractivity contribution in [2.24, 2.45) is 0 Å². The van der Waals surface area contributed by atoms with Crippen molar-refractivity contribution in [1.29, 1.82) is 0 Å². The first-order chi connectivity index (χ1) is 8.97. The van der Waals surface area contributed by atoms with E-state index >= 15 is 0 Å². The van der Waals surface area contributed by atoms with E-state index in [9.17, 15) is 13.6 Å². The molecule has 0 aliphatic carbocycles. The Kier molecular flexibility index (Phi) is 3.81. The second-order valence-electron chi connectivity index (χ2n) is 4.04. The summed E-state index contributed by atoms with van der Waals surface area (Å²) < 4.78 is 26.6. The van der Waals surface area contributed by atoms with Gasteiger partial charge in [0.25, 0.3) is 5.91 Å². The van der Waals surface area contributed by atoms with Crippen molar-refractivity contribution in [2.45, 2.75) is 6.92 Å². The summed E-state index contributed by atoms with van der Waals surface area (Å²) in [6.07, 6.45) is 0. The molecule has 0 heterocycles. The molecule has 1 N–H and O–H groups in total. The number of aryl methyl sites for hydroxylation is 1. The van der Waals surface area contributed by atoms with Gasteiger partial charge < -0.3 is 5.32 Å². The maximum absolute atomic E-state index is 13.5. The summed E-state index contributed by atoms with van der Waals surface area (Å²) in [7, 11) is 0. The highest BCUT2D eigenvalue weighted by Crippen LogP contribution is 2.18. The van der Waals surface area contributed by atoms with Gasteiger partial charge in [-0.3, -0.25) is 4.79 Å². The Morgan fingerprint density at radius 1 is 1.11 bits per heavy atom. The number of carbonyl (C=O) groups is 1. The molecule has 2 nitrogen and oxygen atoms in total. The predicted octanol–water partition coefficient (Wildman–Crippen LogP) is 4.18. The molecule has 19 heavy (non-hydrogen) atoms. The first-order valence-electron chi connectivity index (χ1n) is 5.50. The largest absolute Gasteiger partial charge is 0.322 e. The molecule has 2 rings (SSSR count). The monoisotopic (exact) mass is 281 g/mol. The summed E-state index contributed by atoms with van der Waals surface area (Å²) in [5.74, 6) is -1.67. The molecule has 0 fully saturated rings. The van der Waals surface area contributed by atoms with Crippen molar-refractivity contribution >= 4 is 23.2 Å². The molecule has 0 atom stereocenters. The van der Waals surface area contributed by atoms with E-state index in [1.807, 2.05) is 0 Å². The lowest BCUT2D eigenvalue weighted by Gasteiger charge is -2.07. The molecule has 2 aromatic carbocycles. The summed E-state index contributed by atoms with van der Waals surface area (Å²) in [5.41, 5.74) is 0.627. The zero-order valence-corrected chi connectivity index (χ0v) is 10.8. The van der Waals surface area contributed by atoms with Crippen molar-refractivity contribution in [1.82, 2.24) is 0 Å². The van der Waals surface area contributed by atoms with Gasteiger partial charge in [-0.05, 0) is 48.9 Å². The van der Waals surface area contributed by atoms with Crippen LogP contribution in [0.5, 0.6) is 0 Å². The first kappa shape index (κ1) is 13.5. The lowest BCUT2D eigenvalue weighted by Crippen LogP contribution is -2.14. The highest BCUT2D eigenvalue weighted by molar-refractivity contribution is 6.31. The average molecular weight is 282 g/mol. The summed E-state index contributed by atoms with van der Waals surface area (Å²) in [6.45, 7) is 1.57. The van der Waals surface area contributed by atoms with Gasteiger partial charge in [0.1, 0.15) is 11.6 Å². The zero-order chi connectivity index (χ0) is 14.0. The summed E-state index contributed by atoms with van der Waals surface area (Å²) in [6, 6.07) is 7.82. The Hall–Kier alpha value is -1.94. The second kappa shape index (κ2) is 5.36. The maximum Gasteiger partial charge on any atom is 0.258 e. The van der Waals surface area contributed by atoms with Gasteiger partial charge in [-0.15, -0.1) is 0 Å². The Morgan fingerprint density at radius 2 is 1.79 bits per heavy atom. The normalized spacial score (nSPS) is 10.3. The molecule has 0 aliphatic heterocycles. The van der Waals surface area contributed by atoms with E-state index in [2.05, 4.69) is 5.32 Å². The summed E-state index contributed by atoms with van der Waals surface area (Å²) >= 11 is 5.71. The summed E-state index contributed by atoms with van der Waals surface area (Å²) in [4.78, 5) is 11.9. The molecule has 0 radical (unpaired) electrons. The van der Waals surface area contributed by atoms with E-state index in [1.165, 1.54) is 30.3 Å². The minimum Gasteiger partial charge on any atom is -0.322 e. The molecule has 0 saturated carbocycles. The van der Waals surface area contributed by atoms with Crippen LogP contribution in [-0.2, 0) is 0 Å². The van der Waals surface area contributed by atoms with Gasteiger partial charge in [0.05, 0.1) is 5.56 Å². The van der Waals surface area contributed by atoms with Gasteiger partial charge in [-0.2, -0.15) is 0 Å². The van der Waals surface area contributed by atoms with Gasteiger partial charge in [-0.1, -0.05) is 11.6 Å². The maximum atomic E-state index is 13.5. The third-order valence-electron chi connectivity index (χ3n) is 2.59.